The fourth-order valence-corrected chi connectivity index (χ4v) is 3.15. The molecule has 2 aromatic rings. The van der Waals surface area contributed by atoms with E-state index in [9.17, 15) is 4.79 Å². The molecule has 2 N–H and O–H groups in total. The number of benzene rings is 1. The Hall–Kier alpha value is -2.01. The summed E-state index contributed by atoms with van der Waals surface area (Å²) in [4.78, 5) is 15.6. The van der Waals surface area contributed by atoms with Crippen LogP contribution in [0.4, 0.5) is 5.69 Å². The number of ether oxygens (including phenoxy) is 2. The molecule has 1 saturated carbocycles. The quantitative estimate of drug-likeness (QED) is 0.908. The molecule has 5 nitrogen and oxygen atoms in total. The number of carbonyl (C=O) groups is 1. The van der Waals surface area contributed by atoms with Crippen molar-refractivity contribution >= 4 is 22.5 Å². The zero-order valence-electron chi connectivity index (χ0n) is 13.1. The largest absolute Gasteiger partial charge is 0.490 e. The van der Waals surface area contributed by atoms with Gasteiger partial charge in [0.1, 0.15) is 5.75 Å². The summed E-state index contributed by atoms with van der Waals surface area (Å²) < 4.78 is 11.3. The van der Waals surface area contributed by atoms with Gasteiger partial charge < -0.3 is 19.8 Å². The van der Waals surface area contributed by atoms with Crippen molar-refractivity contribution in [2.45, 2.75) is 38.2 Å². The van der Waals surface area contributed by atoms with Crippen LogP contribution < -0.4 is 10.1 Å². The fraction of sp³-hybridized carbons (Fsp3) is 0.500. The molecule has 1 aromatic heterocycles. The van der Waals surface area contributed by atoms with Gasteiger partial charge in [-0.3, -0.25) is 4.79 Å². The van der Waals surface area contributed by atoms with Crippen LogP contribution in [0.5, 0.6) is 5.75 Å². The summed E-state index contributed by atoms with van der Waals surface area (Å²) >= 11 is 0. The lowest BCUT2D eigenvalue weighted by Gasteiger charge is -2.26. The fourth-order valence-electron chi connectivity index (χ4n) is 3.15. The van der Waals surface area contributed by atoms with Crippen LogP contribution in [0, 0.1) is 5.92 Å². The minimum Gasteiger partial charge on any atom is -0.490 e. The molecule has 5 heteroatoms. The van der Waals surface area contributed by atoms with E-state index >= 15 is 0 Å². The van der Waals surface area contributed by atoms with Crippen LogP contribution in [-0.2, 0) is 9.53 Å². The van der Waals surface area contributed by atoms with Gasteiger partial charge in [0.25, 0.3) is 0 Å². The molecule has 2 heterocycles. The number of carbonyl (C=O) groups excluding carboxylic acids is 1. The highest BCUT2D eigenvalue weighted by Gasteiger charge is 2.23. The third-order valence-electron chi connectivity index (χ3n) is 4.86. The van der Waals surface area contributed by atoms with E-state index in [1.807, 2.05) is 24.4 Å². The average molecular weight is 314 g/mol. The number of nitrogens with one attached hydrogen (secondary N) is 2. The van der Waals surface area contributed by atoms with E-state index in [2.05, 4.69) is 10.3 Å². The number of anilines is 1. The maximum atomic E-state index is 12.4. The minimum atomic E-state index is 0.0445. The Morgan fingerprint density at radius 1 is 1.22 bits per heavy atom. The van der Waals surface area contributed by atoms with Crippen molar-refractivity contribution in [2.75, 3.05) is 18.5 Å². The third-order valence-corrected chi connectivity index (χ3v) is 4.86. The van der Waals surface area contributed by atoms with Gasteiger partial charge in [-0.15, -0.1) is 0 Å². The molecule has 0 unspecified atom stereocenters. The number of hydrogen-bond donors (Lipinski definition) is 2. The molecular weight excluding hydrogens is 292 g/mol. The first-order valence-corrected chi connectivity index (χ1v) is 8.46. The monoisotopic (exact) mass is 314 g/mol. The summed E-state index contributed by atoms with van der Waals surface area (Å²) in [5.74, 6) is 1.01. The van der Waals surface area contributed by atoms with Crippen LogP contribution >= 0.6 is 0 Å². The first kappa shape index (κ1) is 14.6. The summed E-state index contributed by atoms with van der Waals surface area (Å²) in [6, 6.07) is 6.01. The number of amides is 1. The van der Waals surface area contributed by atoms with E-state index in [1.54, 1.807) is 0 Å². The van der Waals surface area contributed by atoms with Gasteiger partial charge in [-0.25, -0.2) is 0 Å². The maximum absolute atomic E-state index is 12.4. The van der Waals surface area contributed by atoms with Crippen molar-refractivity contribution < 1.29 is 14.3 Å². The van der Waals surface area contributed by atoms with Gasteiger partial charge in [-0.1, -0.05) is 0 Å². The molecular formula is C18H22N2O3. The van der Waals surface area contributed by atoms with E-state index in [0.717, 1.165) is 48.0 Å². The second kappa shape index (κ2) is 6.24. The van der Waals surface area contributed by atoms with Crippen molar-refractivity contribution in [3.8, 4) is 5.75 Å². The van der Waals surface area contributed by atoms with E-state index < -0.39 is 0 Å². The summed E-state index contributed by atoms with van der Waals surface area (Å²) in [6.45, 7) is 1.34. The zero-order chi connectivity index (χ0) is 15.6. The number of aromatic nitrogens is 1. The molecule has 1 saturated heterocycles. The molecule has 1 aliphatic carbocycles. The summed E-state index contributed by atoms with van der Waals surface area (Å²) in [5.41, 5.74) is 1.84. The van der Waals surface area contributed by atoms with Crippen molar-refractivity contribution in [2.24, 2.45) is 5.92 Å². The lowest BCUT2D eigenvalue weighted by Crippen LogP contribution is -2.28. The Balaban J connectivity index is 1.51. The smallest absolute Gasteiger partial charge is 0.227 e. The van der Waals surface area contributed by atoms with Crippen LogP contribution in [0.1, 0.15) is 32.1 Å². The van der Waals surface area contributed by atoms with Gasteiger partial charge in [-0.2, -0.15) is 0 Å². The molecule has 0 atom stereocenters. The van der Waals surface area contributed by atoms with Gasteiger partial charge in [0.15, 0.2) is 0 Å². The summed E-state index contributed by atoms with van der Waals surface area (Å²) in [6.07, 6.45) is 7.33. The van der Waals surface area contributed by atoms with Crippen LogP contribution in [0.25, 0.3) is 10.9 Å². The third kappa shape index (κ3) is 3.06. The van der Waals surface area contributed by atoms with Gasteiger partial charge in [-0.05, 0) is 50.3 Å². The Labute approximate surface area is 135 Å². The van der Waals surface area contributed by atoms with Crippen molar-refractivity contribution in [1.82, 2.24) is 4.98 Å². The molecule has 1 aliphatic heterocycles. The van der Waals surface area contributed by atoms with Crippen molar-refractivity contribution in [3.63, 3.8) is 0 Å². The predicted octanol–water partition coefficient (Wildman–Crippen LogP) is 3.46. The van der Waals surface area contributed by atoms with Gasteiger partial charge >= 0.3 is 0 Å². The zero-order valence-corrected chi connectivity index (χ0v) is 13.1. The van der Waals surface area contributed by atoms with E-state index in [1.165, 1.54) is 6.42 Å². The molecule has 23 heavy (non-hydrogen) atoms. The molecule has 0 spiro atoms. The highest BCUT2D eigenvalue weighted by Crippen LogP contribution is 2.31. The Bertz CT molecular complexity index is 699. The highest BCUT2D eigenvalue weighted by atomic mass is 16.5. The van der Waals surface area contributed by atoms with Crippen LogP contribution in [-0.4, -0.2) is 30.2 Å². The molecule has 4 rings (SSSR count). The SMILES string of the molecule is O=C(Nc1c[nH]c2ccc(OC3CCC3)cc12)C1CCOCC1. The minimum absolute atomic E-state index is 0.0445. The lowest BCUT2D eigenvalue weighted by atomic mass is 9.96. The van der Waals surface area contributed by atoms with Crippen molar-refractivity contribution in [1.29, 1.82) is 0 Å². The number of rotatable bonds is 4. The van der Waals surface area contributed by atoms with Crippen LogP contribution in [0.3, 0.4) is 0 Å². The summed E-state index contributed by atoms with van der Waals surface area (Å²) in [7, 11) is 0. The molecule has 122 valence electrons. The maximum Gasteiger partial charge on any atom is 0.227 e. The topological polar surface area (TPSA) is 63.4 Å². The van der Waals surface area contributed by atoms with Gasteiger partial charge in [0.2, 0.25) is 5.91 Å². The second-order valence-electron chi connectivity index (χ2n) is 6.46. The lowest BCUT2D eigenvalue weighted by molar-refractivity contribution is -0.122. The average Bonchev–Trinajstić information content (AvgIpc) is 2.94. The van der Waals surface area contributed by atoms with E-state index in [4.69, 9.17) is 9.47 Å². The van der Waals surface area contributed by atoms with Crippen LogP contribution in [0.15, 0.2) is 24.4 Å². The number of hydrogen-bond acceptors (Lipinski definition) is 3. The first-order chi connectivity index (χ1) is 11.3. The van der Waals surface area contributed by atoms with Gasteiger partial charge in [0, 0.05) is 36.2 Å². The van der Waals surface area contributed by atoms with E-state index in [-0.39, 0.29) is 11.8 Å². The van der Waals surface area contributed by atoms with Crippen molar-refractivity contribution in [3.05, 3.63) is 24.4 Å². The molecule has 0 bridgehead atoms. The Morgan fingerprint density at radius 2 is 2.04 bits per heavy atom. The number of aromatic amines is 1. The normalized spacial score (nSPS) is 19.5. The Kier molecular flexibility index (Phi) is 3.95. The molecule has 0 radical (unpaired) electrons. The first-order valence-electron chi connectivity index (χ1n) is 8.46. The van der Waals surface area contributed by atoms with Gasteiger partial charge in [0.05, 0.1) is 11.8 Å². The number of fused-ring (bicyclic) bond motifs is 1. The molecule has 1 aromatic carbocycles. The second-order valence-corrected chi connectivity index (χ2v) is 6.46. The Morgan fingerprint density at radius 3 is 2.78 bits per heavy atom. The highest BCUT2D eigenvalue weighted by molar-refractivity contribution is 6.02. The van der Waals surface area contributed by atoms with Crippen LogP contribution in [0.2, 0.25) is 0 Å². The van der Waals surface area contributed by atoms with E-state index in [0.29, 0.717) is 19.3 Å². The predicted molar refractivity (Wildman–Crippen MR) is 88.7 cm³/mol. The summed E-state index contributed by atoms with van der Waals surface area (Å²) in [5, 5.41) is 4.06. The standard InChI is InChI=1S/C18H22N2O3/c21-18(12-6-8-22-9-7-12)20-17-11-19-16-5-4-14(10-15(16)17)23-13-2-1-3-13/h4-5,10-13,19H,1-3,6-9H2,(H,20,21). The molecule has 2 aliphatic rings. The molecule has 2 fully saturated rings. The molecule has 1 amide bonds. The number of H-pyrrole nitrogens is 1.